The van der Waals surface area contributed by atoms with Crippen molar-refractivity contribution in [2.75, 3.05) is 14.2 Å². The van der Waals surface area contributed by atoms with Crippen molar-refractivity contribution in [3.63, 3.8) is 0 Å². The molecule has 5 aromatic carbocycles. The van der Waals surface area contributed by atoms with Gasteiger partial charge in [0.1, 0.15) is 0 Å². The molecule has 0 radical (unpaired) electrons. The van der Waals surface area contributed by atoms with Crippen LogP contribution in [-0.2, 0) is 12.6 Å². The predicted molar refractivity (Wildman–Crippen MR) is 147 cm³/mol. The van der Waals surface area contributed by atoms with Gasteiger partial charge in [0.15, 0.2) is 0 Å². The summed E-state index contributed by atoms with van der Waals surface area (Å²) in [6.07, 6.45) is 0. The third kappa shape index (κ3) is 4.47. The van der Waals surface area contributed by atoms with E-state index in [0.29, 0.717) is 22.3 Å². The standard InChI is InChI=1S/C28H23IO5S/c1-32-24-17-9-11-20-19-21-12-10-18-25(27(21)28(33-2)26(20)24)35(30,31)34-29(22-13-5-3-6-14-22)23-15-7-4-8-16-23/h3-19H,1-2H3. The molecule has 5 aromatic rings. The van der Waals surface area contributed by atoms with Gasteiger partial charge in [-0.1, -0.05) is 0 Å². The van der Waals surface area contributed by atoms with E-state index < -0.39 is 30.4 Å². The molecule has 0 N–H and O–H groups in total. The SMILES string of the molecule is COc1cccc2cc3cccc(S(=O)(=O)OI(c4ccccc4)c4ccccc4)c3c(OC)c12. The van der Waals surface area contributed by atoms with Gasteiger partial charge in [0.25, 0.3) is 0 Å². The van der Waals surface area contributed by atoms with Crippen molar-refractivity contribution in [2.45, 2.75) is 4.90 Å². The molecule has 0 aliphatic carbocycles. The molecule has 5 rings (SSSR count). The van der Waals surface area contributed by atoms with Crippen LogP contribution in [0.4, 0.5) is 0 Å². The Morgan fingerprint density at radius 3 is 1.77 bits per heavy atom. The van der Waals surface area contributed by atoms with Crippen molar-refractivity contribution in [3.8, 4) is 11.5 Å². The Morgan fingerprint density at radius 1 is 0.629 bits per heavy atom. The molecule has 178 valence electrons. The topological polar surface area (TPSA) is 61.8 Å². The van der Waals surface area contributed by atoms with Gasteiger partial charge in [-0.15, -0.1) is 0 Å². The minimum absolute atomic E-state index is 0.0776. The van der Waals surface area contributed by atoms with E-state index in [9.17, 15) is 8.42 Å². The summed E-state index contributed by atoms with van der Waals surface area (Å²) in [5.74, 6) is 1.05. The Balaban J connectivity index is 1.72. The fourth-order valence-corrected chi connectivity index (χ4v) is 11.3. The van der Waals surface area contributed by atoms with Crippen molar-refractivity contribution < 1.29 is 20.4 Å². The van der Waals surface area contributed by atoms with Crippen LogP contribution >= 0.6 is 20.2 Å². The van der Waals surface area contributed by atoms with Crippen molar-refractivity contribution >= 4 is 51.9 Å². The van der Waals surface area contributed by atoms with E-state index in [-0.39, 0.29) is 4.90 Å². The first-order chi connectivity index (χ1) is 17.0. The van der Waals surface area contributed by atoms with Gasteiger partial charge in [0.05, 0.1) is 0 Å². The van der Waals surface area contributed by atoms with E-state index in [1.807, 2.05) is 91.0 Å². The second-order valence-electron chi connectivity index (χ2n) is 7.68. The zero-order chi connectivity index (χ0) is 24.4. The maximum absolute atomic E-state index is 13.9. The number of hydrogen-bond donors (Lipinski definition) is 0. The van der Waals surface area contributed by atoms with E-state index in [1.54, 1.807) is 19.2 Å². The summed E-state index contributed by atoms with van der Waals surface area (Å²) in [5.41, 5.74) is 0. The average Bonchev–Trinajstić information content (AvgIpc) is 2.90. The molecule has 0 fully saturated rings. The van der Waals surface area contributed by atoms with E-state index in [4.69, 9.17) is 12.0 Å². The molecule has 0 atom stereocenters. The summed E-state index contributed by atoms with van der Waals surface area (Å²) < 4.78 is 47.1. The normalized spacial score (nSPS) is 12.0. The first kappa shape index (κ1) is 23.6. The zero-order valence-corrected chi connectivity index (χ0v) is 22.1. The van der Waals surface area contributed by atoms with Gasteiger partial charge in [0.2, 0.25) is 0 Å². The molecule has 7 heteroatoms. The third-order valence-corrected chi connectivity index (χ3v) is 13.0. The Labute approximate surface area is 212 Å². The minimum atomic E-state index is -4.15. The van der Waals surface area contributed by atoms with Crippen molar-refractivity contribution in [3.05, 3.63) is 110 Å². The predicted octanol–water partition coefficient (Wildman–Crippen LogP) is 6.88. The van der Waals surface area contributed by atoms with Crippen molar-refractivity contribution in [1.82, 2.24) is 0 Å². The molecule has 35 heavy (non-hydrogen) atoms. The Bertz CT molecular complexity index is 1560. The van der Waals surface area contributed by atoms with Crippen LogP contribution in [0.1, 0.15) is 0 Å². The molecule has 0 aromatic heterocycles. The average molecular weight is 598 g/mol. The Morgan fingerprint density at radius 2 is 1.20 bits per heavy atom. The van der Waals surface area contributed by atoms with E-state index >= 15 is 0 Å². The number of rotatable bonds is 7. The summed E-state index contributed by atoms with van der Waals surface area (Å²) >= 11 is -2.79. The summed E-state index contributed by atoms with van der Waals surface area (Å²) in [6, 6.07) is 31.9. The van der Waals surface area contributed by atoms with Crippen LogP contribution in [0.2, 0.25) is 0 Å². The fraction of sp³-hybridized carbons (Fsp3) is 0.0714. The van der Waals surface area contributed by atoms with E-state index in [0.717, 1.165) is 17.9 Å². The summed E-state index contributed by atoms with van der Waals surface area (Å²) in [5, 5.41) is 2.83. The number of hydrogen-bond acceptors (Lipinski definition) is 5. The van der Waals surface area contributed by atoms with Gasteiger partial charge in [-0.05, 0) is 0 Å². The molecule has 0 bridgehead atoms. The maximum atomic E-state index is 13.9. The van der Waals surface area contributed by atoms with Gasteiger partial charge < -0.3 is 0 Å². The van der Waals surface area contributed by atoms with Crippen LogP contribution < -0.4 is 9.47 Å². The molecular weight excluding hydrogens is 575 g/mol. The summed E-state index contributed by atoms with van der Waals surface area (Å²) in [6.45, 7) is 0. The molecule has 0 spiro atoms. The monoisotopic (exact) mass is 598 g/mol. The number of benzene rings is 5. The molecular formula is C28H23IO5S. The first-order valence-electron chi connectivity index (χ1n) is 10.8. The summed E-state index contributed by atoms with van der Waals surface area (Å²) in [4.78, 5) is 0.0776. The number of ether oxygens (including phenoxy) is 2. The second kappa shape index (κ2) is 9.85. The molecule has 0 unspecified atom stereocenters. The number of methoxy groups -OCH3 is 2. The van der Waals surface area contributed by atoms with Crippen LogP contribution in [0, 0.1) is 7.14 Å². The molecule has 0 saturated carbocycles. The molecule has 5 nitrogen and oxygen atoms in total. The molecule has 0 aliphatic rings. The third-order valence-electron chi connectivity index (χ3n) is 5.58. The summed E-state index contributed by atoms with van der Waals surface area (Å²) in [7, 11) is -1.03. The second-order valence-corrected chi connectivity index (χ2v) is 14.1. The van der Waals surface area contributed by atoms with Gasteiger partial charge in [-0.3, -0.25) is 0 Å². The molecule has 0 amide bonds. The molecule has 0 heterocycles. The van der Waals surface area contributed by atoms with Gasteiger partial charge in [-0.2, -0.15) is 0 Å². The van der Waals surface area contributed by atoms with E-state index in [1.165, 1.54) is 7.11 Å². The van der Waals surface area contributed by atoms with Crippen LogP contribution in [-0.4, -0.2) is 22.6 Å². The number of halogens is 1. The van der Waals surface area contributed by atoms with Crippen LogP contribution in [0.15, 0.2) is 108 Å². The fourth-order valence-electron chi connectivity index (χ4n) is 4.07. The van der Waals surface area contributed by atoms with Crippen LogP contribution in [0.3, 0.4) is 0 Å². The first-order valence-corrected chi connectivity index (χ1v) is 15.3. The molecule has 0 saturated heterocycles. The quantitative estimate of drug-likeness (QED) is 0.151. The van der Waals surface area contributed by atoms with Crippen LogP contribution in [0.25, 0.3) is 21.5 Å². The van der Waals surface area contributed by atoms with Crippen molar-refractivity contribution in [2.24, 2.45) is 0 Å². The zero-order valence-electron chi connectivity index (χ0n) is 19.1. The number of fused-ring (bicyclic) bond motifs is 2. The van der Waals surface area contributed by atoms with Crippen molar-refractivity contribution in [1.29, 1.82) is 0 Å². The Hall–Kier alpha value is -3.14. The molecule has 0 aliphatic heterocycles. The van der Waals surface area contributed by atoms with Crippen LogP contribution in [0.5, 0.6) is 11.5 Å². The Kier molecular flexibility index (Phi) is 6.64. The van der Waals surface area contributed by atoms with E-state index in [2.05, 4.69) is 0 Å². The van der Waals surface area contributed by atoms with Gasteiger partial charge >= 0.3 is 213 Å². The van der Waals surface area contributed by atoms with Gasteiger partial charge in [-0.25, -0.2) is 0 Å². The van der Waals surface area contributed by atoms with Gasteiger partial charge in [0, 0.05) is 0 Å².